The van der Waals surface area contributed by atoms with Gasteiger partial charge in [0, 0.05) is 55.7 Å². The van der Waals surface area contributed by atoms with Crippen molar-refractivity contribution in [2.24, 2.45) is 0 Å². The zero-order valence-corrected chi connectivity index (χ0v) is 17.7. The summed E-state index contributed by atoms with van der Waals surface area (Å²) in [5.74, 6) is 0.0772. The number of pyridine rings is 2. The van der Waals surface area contributed by atoms with Crippen LogP contribution < -0.4 is 4.74 Å². The molecule has 30 heavy (non-hydrogen) atoms. The van der Waals surface area contributed by atoms with Crippen LogP contribution in [0, 0.1) is 5.82 Å². The van der Waals surface area contributed by atoms with Gasteiger partial charge in [-0.25, -0.2) is 9.37 Å². The molecule has 0 aromatic carbocycles. The number of amides is 1. The fourth-order valence-electron chi connectivity index (χ4n) is 3.75. The molecule has 8 heteroatoms. The van der Waals surface area contributed by atoms with Gasteiger partial charge in [0.25, 0.3) is 5.91 Å². The van der Waals surface area contributed by atoms with Crippen molar-refractivity contribution in [2.45, 2.75) is 39.3 Å². The molecule has 1 saturated carbocycles. The predicted molar refractivity (Wildman–Crippen MR) is 113 cm³/mol. The van der Waals surface area contributed by atoms with Crippen molar-refractivity contribution in [3.8, 4) is 17.0 Å². The van der Waals surface area contributed by atoms with Gasteiger partial charge in [-0.05, 0) is 18.9 Å². The molecule has 1 amide bonds. The summed E-state index contributed by atoms with van der Waals surface area (Å²) in [6, 6.07) is 5.39. The van der Waals surface area contributed by atoms with Crippen molar-refractivity contribution in [1.82, 2.24) is 19.4 Å². The largest absolute Gasteiger partial charge is 0.481 e. The molecule has 0 bridgehead atoms. The van der Waals surface area contributed by atoms with Crippen LogP contribution in [0.3, 0.4) is 0 Å². The number of nitrogens with zero attached hydrogens (tertiary/aromatic N) is 4. The summed E-state index contributed by atoms with van der Waals surface area (Å²) in [7, 11) is 2.55. The normalized spacial score (nSPS) is 15.0. The van der Waals surface area contributed by atoms with E-state index in [-0.39, 0.29) is 5.91 Å². The van der Waals surface area contributed by atoms with Gasteiger partial charge in [0.1, 0.15) is 11.5 Å². The lowest BCUT2D eigenvalue weighted by Crippen LogP contribution is -2.41. The van der Waals surface area contributed by atoms with E-state index in [2.05, 4.69) is 9.97 Å². The molecule has 0 spiro atoms. The lowest BCUT2D eigenvalue weighted by atomic mass is 10.1. The number of carbonyl (C=O) groups is 1. The first kappa shape index (κ1) is 21.7. The van der Waals surface area contributed by atoms with E-state index in [1.165, 1.54) is 12.3 Å². The number of aliphatic hydroxyl groups excluding tert-OH is 1. The maximum Gasteiger partial charge on any atom is 0.271 e. The lowest BCUT2D eigenvalue weighted by Gasteiger charge is -2.29. The van der Waals surface area contributed by atoms with Crippen molar-refractivity contribution < 1.29 is 19.0 Å². The average molecular weight is 414 g/mol. The van der Waals surface area contributed by atoms with E-state index in [0.29, 0.717) is 47.3 Å². The first-order valence-electron chi connectivity index (χ1n) is 10.1. The summed E-state index contributed by atoms with van der Waals surface area (Å²) in [4.78, 5) is 23.7. The van der Waals surface area contributed by atoms with E-state index in [0.717, 1.165) is 25.5 Å². The molecule has 3 aromatic rings. The van der Waals surface area contributed by atoms with Crippen LogP contribution in [0.2, 0.25) is 0 Å². The Bertz CT molecular complexity index is 1030. The van der Waals surface area contributed by atoms with Gasteiger partial charge < -0.3 is 19.3 Å². The molecule has 0 radical (unpaired) electrons. The molecule has 2 aliphatic rings. The molecule has 1 fully saturated rings. The van der Waals surface area contributed by atoms with Gasteiger partial charge in [-0.15, -0.1) is 0 Å². The van der Waals surface area contributed by atoms with Gasteiger partial charge in [0.05, 0.1) is 24.3 Å². The second kappa shape index (κ2) is 9.21. The second-order valence-corrected chi connectivity index (χ2v) is 6.72. The topological polar surface area (TPSA) is 80.5 Å². The van der Waals surface area contributed by atoms with Gasteiger partial charge in [-0.2, -0.15) is 0 Å². The third-order valence-electron chi connectivity index (χ3n) is 5.12. The van der Waals surface area contributed by atoms with Crippen LogP contribution >= 0.6 is 0 Å². The zero-order chi connectivity index (χ0) is 21.8. The molecule has 0 atom stereocenters. The Morgan fingerprint density at radius 3 is 2.47 bits per heavy atom. The quantitative estimate of drug-likeness (QED) is 0.710. The van der Waals surface area contributed by atoms with Crippen molar-refractivity contribution in [2.75, 3.05) is 20.8 Å². The molecule has 1 N–H and O–H groups in total. The lowest BCUT2D eigenvalue weighted by molar-refractivity contribution is 0.0694. The van der Waals surface area contributed by atoms with E-state index in [1.54, 1.807) is 19.4 Å². The van der Waals surface area contributed by atoms with Gasteiger partial charge in [0.15, 0.2) is 0 Å². The van der Waals surface area contributed by atoms with E-state index in [4.69, 9.17) is 9.84 Å². The van der Waals surface area contributed by atoms with Gasteiger partial charge >= 0.3 is 0 Å². The molecule has 0 unspecified atom stereocenters. The monoisotopic (exact) mass is 414 g/mol. The molecule has 4 heterocycles. The molecule has 5 rings (SSSR count). The van der Waals surface area contributed by atoms with Crippen molar-refractivity contribution in [1.29, 1.82) is 0 Å². The number of hydrogen-bond acceptors (Lipinski definition) is 5. The molecule has 7 nitrogen and oxygen atoms in total. The Labute approximate surface area is 175 Å². The van der Waals surface area contributed by atoms with Crippen LogP contribution in [-0.2, 0) is 6.54 Å². The van der Waals surface area contributed by atoms with E-state index < -0.39 is 5.82 Å². The molecule has 1 aliphatic carbocycles. The first-order chi connectivity index (χ1) is 14.7. The zero-order valence-electron chi connectivity index (χ0n) is 17.7. The molecule has 1 aliphatic heterocycles. The summed E-state index contributed by atoms with van der Waals surface area (Å²) in [5.41, 5.74) is 3.33. The number of hydrogen-bond donors (Lipinski definition) is 1. The number of rotatable bonds is 3. The van der Waals surface area contributed by atoms with Crippen LogP contribution in [0.5, 0.6) is 5.88 Å². The maximum absolute atomic E-state index is 13.8. The minimum Gasteiger partial charge on any atom is -0.481 e. The van der Waals surface area contributed by atoms with Crippen molar-refractivity contribution in [3.05, 3.63) is 42.1 Å². The summed E-state index contributed by atoms with van der Waals surface area (Å²) in [6.07, 6.45) is 4.97. The highest BCUT2D eigenvalue weighted by Gasteiger charge is 2.39. The number of fused-ring (bicyclic) bond motifs is 3. The van der Waals surface area contributed by atoms with Gasteiger partial charge in [-0.1, -0.05) is 13.8 Å². The number of carbonyl (C=O) groups excluding carboxylic acids is 1. The molecule has 0 saturated heterocycles. The molecule has 160 valence electrons. The standard InChI is InChI=1S/C19H17FN4O2.C2H6.CH4O/c1-26-15-5-2-11(9-21-15)16-17-14(8-12(20)10-22-17)24-7-6-23(13-3-4-13)19(25)18(16)24;2*1-2/h2,5,8-10,13H,3-4,6-7H2,1H3;1-2H3;2H,1H3. The van der Waals surface area contributed by atoms with Crippen LogP contribution in [-0.4, -0.2) is 57.3 Å². The van der Waals surface area contributed by atoms with Crippen LogP contribution in [0.4, 0.5) is 4.39 Å². The fraction of sp³-hybridized carbons (Fsp3) is 0.409. The van der Waals surface area contributed by atoms with Crippen molar-refractivity contribution >= 4 is 16.9 Å². The number of aromatic nitrogens is 3. The van der Waals surface area contributed by atoms with E-state index in [9.17, 15) is 9.18 Å². The number of halogens is 1. The summed E-state index contributed by atoms with van der Waals surface area (Å²) >= 11 is 0. The maximum atomic E-state index is 13.8. The Morgan fingerprint density at radius 1 is 1.13 bits per heavy atom. The van der Waals surface area contributed by atoms with Crippen LogP contribution in [0.1, 0.15) is 37.2 Å². The van der Waals surface area contributed by atoms with Crippen molar-refractivity contribution in [3.63, 3.8) is 0 Å². The van der Waals surface area contributed by atoms with Crippen LogP contribution in [0.25, 0.3) is 22.2 Å². The Kier molecular flexibility index (Phi) is 6.66. The number of aliphatic hydroxyl groups is 1. The summed E-state index contributed by atoms with van der Waals surface area (Å²) in [6.45, 7) is 5.29. The molecular formula is C22H27FN4O3. The summed E-state index contributed by atoms with van der Waals surface area (Å²) in [5, 5.41) is 7.00. The Hall–Kier alpha value is -3.00. The Balaban J connectivity index is 0.000000606. The smallest absolute Gasteiger partial charge is 0.271 e. The minimum absolute atomic E-state index is 0.0111. The third kappa shape index (κ3) is 3.75. The highest BCUT2D eigenvalue weighted by Crippen LogP contribution is 2.39. The highest BCUT2D eigenvalue weighted by molar-refractivity contribution is 6.09. The van der Waals surface area contributed by atoms with Gasteiger partial charge in [-0.3, -0.25) is 9.78 Å². The van der Waals surface area contributed by atoms with Crippen LogP contribution in [0.15, 0.2) is 30.6 Å². The second-order valence-electron chi connectivity index (χ2n) is 6.72. The average Bonchev–Trinajstić information content (AvgIpc) is 3.59. The fourth-order valence-corrected chi connectivity index (χ4v) is 3.75. The highest BCUT2D eigenvalue weighted by atomic mass is 19.1. The van der Waals surface area contributed by atoms with Gasteiger partial charge in [0.2, 0.25) is 5.88 Å². The molecule has 3 aromatic heterocycles. The third-order valence-corrected chi connectivity index (χ3v) is 5.12. The SMILES string of the molecule is CC.CO.COc1ccc(-c2c3n(c4cc(F)cnc24)CCN(C2CC2)C3=O)cn1. The van der Waals surface area contributed by atoms with E-state index in [1.807, 2.05) is 29.4 Å². The first-order valence-corrected chi connectivity index (χ1v) is 10.1. The number of ether oxygens (including phenoxy) is 1. The molecular weight excluding hydrogens is 387 g/mol. The van der Waals surface area contributed by atoms with E-state index >= 15 is 0 Å². The number of methoxy groups -OCH3 is 1. The predicted octanol–water partition coefficient (Wildman–Crippen LogP) is 3.50. The summed E-state index contributed by atoms with van der Waals surface area (Å²) < 4.78 is 20.8. The minimum atomic E-state index is -0.408. The Morgan fingerprint density at radius 2 is 1.87 bits per heavy atom.